The van der Waals surface area contributed by atoms with Gasteiger partial charge in [0.1, 0.15) is 29.4 Å². The summed E-state index contributed by atoms with van der Waals surface area (Å²) in [5.41, 5.74) is 2.33. The number of aliphatic hydroxyl groups is 3. The number of phenols is 1. The van der Waals surface area contributed by atoms with Crippen molar-refractivity contribution in [3.63, 3.8) is 0 Å². The van der Waals surface area contributed by atoms with Gasteiger partial charge in [0.15, 0.2) is 11.4 Å². The molecule has 0 saturated heterocycles. The number of aromatic hydroxyl groups is 1. The fourth-order valence-electron chi connectivity index (χ4n) is 5.51. The summed E-state index contributed by atoms with van der Waals surface area (Å²) in [4.78, 5) is 49.6. The highest BCUT2D eigenvalue weighted by atomic mass is 17.2. The predicted molar refractivity (Wildman–Crippen MR) is 115 cm³/mol. The van der Waals surface area contributed by atoms with Gasteiger partial charge in [0.05, 0.1) is 18.7 Å². The summed E-state index contributed by atoms with van der Waals surface area (Å²) in [6, 6.07) is 2.23. The molecule has 0 saturated carbocycles. The van der Waals surface area contributed by atoms with Crippen LogP contribution < -0.4 is 5.73 Å². The topological polar surface area (TPSA) is 180 Å². The minimum atomic E-state index is -2.66. The van der Waals surface area contributed by atoms with Gasteiger partial charge in [0.2, 0.25) is 5.78 Å². The summed E-state index contributed by atoms with van der Waals surface area (Å²) < 4.78 is 0. The zero-order valence-electron chi connectivity index (χ0n) is 18.9. The number of fused-ring (bicyclic) bond motifs is 3. The van der Waals surface area contributed by atoms with Crippen molar-refractivity contribution >= 4 is 17.5 Å². The molecule has 0 heterocycles. The van der Waals surface area contributed by atoms with Gasteiger partial charge in [0.25, 0.3) is 5.91 Å². The quantitative estimate of drug-likeness (QED) is 0.225. The summed E-state index contributed by atoms with van der Waals surface area (Å²) in [7, 11) is 4.45. The Kier molecular flexibility index (Phi) is 5.76. The van der Waals surface area contributed by atoms with E-state index in [2.05, 4.69) is 4.89 Å². The third-order valence-corrected chi connectivity index (χ3v) is 7.01. The molecule has 182 valence electrons. The van der Waals surface area contributed by atoms with Crippen LogP contribution in [0.15, 0.2) is 34.8 Å². The lowest BCUT2D eigenvalue weighted by molar-refractivity contribution is -0.282. The van der Waals surface area contributed by atoms with E-state index >= 15 is 0 Å². The van der Waals surface area contributed by atoms with E-state index in [1.165, 1.54) is 12.0 Å². The number of ketones is 2. The Morgan fingerprint density at radius 3 is 2.50 bits per heavy atom. The average molecular weight is 474 g/mol. The van der Waals surface area contributed by atoms with Crippen LogP contribution in [0.4, 0.5) is 0 Å². The smallest absolute Gasteiger partial charge is 0.255 e. The number of Topliss-reactive ketones (excluding diaryl/α,β-unsaturated/α-hetero) is 2. The van der Waals surface area contributed by atoms with E-state index in [0.29, 0.717) is 5.56 Å². The fraction of sp³-hybridized carbons (Fsp3) is 0.435. The van der Waals surface area contributed by atoms with E-state index in [4.69, 9.17) is 10.6 Å². The number of hydrogen-bond acceptors (Lipinski definition) is 10. The third-order valence-electron chi connectivity index (χ3n) is 7.01. The molecule has 6 N–H and O–H groups in total. The number of nitrogens with two attached hydrogens (primary N) is 1. The first-order chi connectivity index (χ1) is 16.0. The van der Waals surface area contributed by atoms with Crippen LogP contribution in [-0.2, 0) is 32.4 Å². The van der Waals surface area contributed by atoms with E-state index in [1.54, 1.807) is 26.2 Å². The number of benzene rings is 1. The van der Waals surface area contributed by atoms with Crippen molar-refractivity contribution < 1.29 is 44.6 Å². The highest BCUT2D eigenvalue weighted by Crippen LogP contribution is 2.52. The SMILES string of the molecule is COOCc1ccc2c(c1O)C(=O)C1=C(O)[C@]3(O)C(=O)C(C(N)=O)=C(O)[C@@H](N(C)C)[C@@H]3C[C@@H]1C2. The van der Waals surface area contributed by atoms with E-state index < -0.39 is 58.0 Å². The predicted octanol–water partition coefficient (Wildman–Crippen LogP) is 0.199. The molecular weight excluding hydrogens is 448 g/mol. The number of aliphatic hydroxyl groups excluding tert-OH is 2. The molecule has 0 spiro atoms. The van der Waals surface area contributed by atoms with Crippen LogP contribution in [0.5, 0.6) is 5.75 Å². The number of likely N-dealkylation sites (N-methyl/N-ethyl adjacent to an activating group) is 1. The molecule has 0 unspecified atom stereocenters. The lowest BCUT2D eigenvalue weighted by Crippen LogP contribution is -2.63. The number of carbonyl (C=O) groups excluding carboxylic acids is 3. The van der Waals surface area contributed by atoms with Crippen LogP contribution >= 0.6 is 0 Å². The minimum Gasteiger partial charge on any atom is -0.510 e. The maximum absolute atomic E-state index is 13.5. The molecule has 11 heteroatoms. The Hall–Kier alpha value is -3.25. The Morgan fingerprint density at radius 1 is 1.24 bits per heavy atom. The number of rotatable bonds is 5. The van der Waals surface area contributed by atoms with Crippen molar-refractivity contribution in [1.29, 1.82) is 0 Å². The number of primary amides is 1. The van der Waals surface area contributed by atoms with Gasteiger partial charge < -0.3 is 26.2 Å². The first kappa shape index (κ1) is 23.9. The van der Waals surface area contributed by atoms with Crippen molar-refractivity contribution in [2.45, 2.75) is 31.1 Å². The second-order valence-corrected chi connectivity index (χ2v) is 9.00. The zero-order valence-corrected chi connectivity index (χ0v) is 18.9. The molecule has 4 atom stereocenters. The minimum absolute atomic E-state index is 0.0427. The second kappa shape index (κ2) is 8.20. The summed E-state index contributed by atoms with van der Waals surface area (Å²) in [6.45, 7) is -0.140. The molecule has 1 aromatic carbocycles. The summed E-state index contributed by atoms with van der Waals surface area (Å²) in [5.74, 6) is -6.80. The first-order valence-electron chi connectivity index (χ1n) is 10.6. The molecule has 0 aliphatic heterocycles. The molecule has 1 aromatic rings. The van der Waals surface area contributed by atoms with Gasteiger partial charge in [-0.1, -0.05) is 12.1 Å². The maximum atomic E-state index is 13.5. The van der Waals surface area contributed by atoms with E-state index in [1.807, 2.05) is 0 Å². The number of allylic oxidation sites excluding steroid dienone is 1. The van der Waals surface area contributed by atoms with E-state index in [0.717, 1.165) is 0 Å². The molecule has 1 amide bonds. The molecule has 0 radical (unpaired) electrons. The largest absolute Gasteiger partial charge is 0.510 e. The number of nitrogens with zero attached hydrogens (tertiary/aromatic N) is 1. The lowest BCUT2D eigenvalue weighted by Gasteiger charge is -2.50. The number of amides is 1. The third kappa shape index (κ3) is 3.16. The summed E-state index contributed by atoms with van der Waals surface area (Å²) >= 11 is 0. The average Bonchev–Trinajstić information content (AvgIpc) is 2.75. The van der Waals surface area contributed by atoms with Crippen molar-refractivity contribution in [3.05, 3.63) is 51.5 Å². The Morgan fingerprint density at radius 2 is 1.91 bits per heavy atom. The number of hydrogen-bond donors (Lipinski definition) is 5. The summed E-state index contributed by atoms with van der Waals surface area (Å²) in [6.07, 6.45) is 0.272. The Balaban J connectivity index is 1.90. The molecule has 34 heavy (non-hydrogen) atoms. The van der Waals surface area contributed by atoms with Gasteiger partial charge in [-0.25, -0.2) is 9.78 Å². The highest BCUT2D eigenvalue weighted by Gasteiger charge is 2.63. The van der Waals surface area contributed by atoms with Crippen molar-refractivity contribution in [1.82, 2.24) is 4.90 Å². The molecule has 3 aliphatic rings. The maximum Gasteiger partial charge on any atom is 0.255 e. The van der Waals surface area contributed by atoms with Gasteiger partial charge >= 0.3 is 0 Å². The normalized spacial score (nSPS) is 28.7. The standard InChI is InChI=1S/C23H26N2O9/c1-25(2)16-12-7-11-6-9-4-5-10(8-34-33-3)17(26)13(9)18(27)14(11)20(29)23(12,32)21(30)15(19(16)28)22(24)31/h4-5,11-12,16,26,28-29,32H,6-8H2,1-3H3,(H2,24,31)/t11-,12-,16-,23-/m0/s1. The molecule has 0 aromatic heterocycles. The van der Waals surface area contributed by atoms with E-state index in [9.17, 15) is 34.8 Å². The van der Waals surface area contributed by atoms with Crippen LogP contribution in [0.25, 0.3) is 0 Å². The molecule has 3 aliphatic carbocycles. The van der Waals surface area contributed by atoms with Gasteiger partial charge in [-0.15, -0.1) is 0 Å². The van der Waals surface area contributed by atoms with Crippen molar-refractivity contribution in [3.8, 4) is 5.75 Å². The zero-order chi connectivity index (χ0) is 25.1. The Bertz CT molecular complexity index is 1170. The highest BCUT2D eigenvalue weighted by molar-refractivity contribution is 6.24. The van der Waals surface area contributed by atoms with Crippen LogP contribution in [0.3, 0.4) is 0 Å². The van der Waals surface area contributed by atoms with Crippen molar-refractivity contribution in [2.75, 3.05) is 21.2 Å². The molecular formula is C23H26N2O9. The van der Waals surface area contributed by atoms with Crippen LogP contribution in [0.1, 0.15) is 27.9 Å². The number of phenolic OH excluding ortho intramolecular Hbond substituents is 1. The monoisotopic (exact) mass is 474 g/mol. The molecule has 0 bridgehead atoms. The van der Waals surface area contributed by atoms with Crippen LogP contribution in [0, 0.1) is 11.8 Å². The van der Waals surface area contributed by atoms with Gasteiger partial charge in [-0.3, -0.25) is 19.3 Å². The fourth-order valence-corrected chi connectivity index (χ4v) is 5.51. The lowest BCUT2D eigenvalue weighted by atomic mass is 9.58. The molecule has 11 nitrogen and oxygen atoms in total. The van der Waals surface area contributed by atoms with E-state index in [-0.39, 0.29) is 41.9 Å². The van der Waals surface area contributed by atoms with Crippen LogP contribution in [0.2, 0.25) is 0 Å². The molecule has 4 rings (SSSR count). The van der Waals surface area contributed by atoms with Gasteiger partial charge in [-0.2, -0.15) is 0 Å². The van der Waals surface area contributed by atoms with Crippen LogP contribution in [-0.4, -0.2) is 75.6 Å². The molecule has 0 fully saturated rings. The van der Waals surface area contributed by atoms with Crippen molar-refractivity contribution in [2.24, 2.45) is 17.6 Å². The number of carbonyl (C=O) groups is 3. The summed E-state index contributed by atoms with van der Waals surface area (Å²) in [5, 5.41) is 44.2. The second-order valence-electron chi connectivity index (χ2n) is 9.00. The van der Waals surface area contributed by atoms with Gasteiger partial charge in [-0.05, 0) is 38.4 Å². The first-order valence-corrected chi connectivity index (χ1v) is 10.6. The Labute approximate surface area is 194 Å². The van der Waals surface area contributed by atoms with Gasteiger partial charge in [0, 0.05) is 17.1 Å².